The SMILES string of the molecule is [C-]#[N+]c1cnc(C)[nH]1. The first-order valence-corrected chi connectivity index (χ1v) is 2.22. The van der Waals surface area contributed by atoms with Crippen molar-refractivity contribution in [2.45, 2.75) is 6.92 Å². The quantitative estimate of drug-likeness (QED) is 0.497. The number of aromatic amines is 1. The monoisotopic (exact) mass is 107 g/mol. The van der Waals surface area contributed by atoms with Crippen molar-refractivity contribution in [1.29, 1.82) is 0 Å². The average molecular weight is 107 g/mol. The van der Waals surface area contributed by atoms with Crippen LogP contribution in [0.15, 0.2) is 6.20 Å². The molecule has 0 saturated carbocycles. The molecule has 0 unspecified atom stereocenters. The third kappa shape index (κ3) is 0.684. The zero-order valence-electron chi connectivity index (χ0n) is 4.47. The molecular weight excluding hydrogens is 102 g/mol. The van der Waals surface area contributed by atoms with Crippen molar-refractivity contribution in [3.8, 4) is 0 Å². The molecule has 0 atom stereocenters. The van der Waals surface area contributed by atoms with E-state index in [2.05, 4.69) is 14.8 Å². The first kappa shape index (κ1) is 4.85. The molecular formula is C5H5N3. The van der Waals surface area contributed by atoms with Crippen molar-refractivity contribution in [1.82, 2.24) is 9.97 Å². The summed E-state index contributed by atoms with van der Waals surface area (Å²) in [6.07, 6.45) is 1.52. The van der Waals surface area contributed by atoms with Crippen molar-refractivity contribution >= 4 is 5.82 Å². The van der Waals surface area contributed by atoms with Gasteiger partial charge in [0, 0.05) is 6.92 Å². The molecule has 8 heavy (non-hydrogen) atoms. The summed E-state index contributed by atoms with van der Waals surface area (Å²) in [7, 11) is 0. The third-order valence-corrected chi connectivity index (χ3v) is 0.810. The van der Waals surface area contributed by atoms with E-state index in [1.807, 2.05) is 6.92 Å². The second kappa shape index (κ2) is 1.66. The maximum absolute atomic E-state index is 6.51. The van der Waals surface area contributed by atoms with Crippen LogP contribution in [0.5, 0.6) is 0 Å². The fourth-order valence-electron chi connectivity index (χ4n) is 0.465. The predicted octanol–water partition coefficient (Wildman–Crippen LogP) is 1.27. The van der Waals surface area contributed by atoms with Gasteiger partial charge < -0.3 is 4.85 Å². The van der Waals surface area contributed by atoms with Crippen LogP contribution in [0.3, 0.4) is 0 Å². The molecule has 1 aromatic heterocycles. The second-order valence-corrected chi connectivity index (χ2v) is 1.47. The Hall–Kier alpha value is -1.30. The zero-order chi connectivity index (χ0) is 5.98. The first-order chi connectivity index (χ1) is 3.83. The number of aryl methyl sites for hydroxylation is 1. The maximum atomic E-state index is 6.51. The molecule has 0 spiro atoms. The van der Waals surface area contributed by atoms with Gasteiger partial charge in [-0.25, -0.2) is 4.98 Å². The van der Waals surface area contributed by atoms with Gasteiger partial charge in [0.15, 0.2) is 5.82 Å². The highest BCUT2D eigenvalue weighted by Gasteiger charge is 1.90. The summed E-state index contributed by atoms with van der Waals surface area (Å²) in [5.74, 6) is 1.29. The van der Waals surface area contributed by atoms with Gasteiger partial charge in [0.2, 0.25) is 5.82 Å². The highest BCUT2D eigenvalue weighted by Crippen LogP contribution is 2.04. The number of rotatable bonds is 0. The zero-order valence-corrected chi connectivity index (χ0v) is 4.47. The van der Waals surface area contributed by atoms with E-state index in [9.17, 15) is 0 Å². The average Bonchev–Trinajstić information content (AvgIpc) is 2.14. The van der Waals surface area contributed by atoms with Crippen LogP contribution < -0.4 is 0 Å². The van der Waals surface area contributed by atoms with Gasteiger partial charge in [-0.2, -0.15) is 0 Å². The second-order valence-electron chi connectivity index (χ2n) is 1.47. The molecule has 1 aromatic rings. The predicted molar refractivity (Wildman–Crippen MR) is 29.6 cm³/mol. The van der Waals surface area contributed by atoms with E-state index in [4.69, 9.17) is 6.57 Å². The van der Waals surface area contributed by atoms with Crippen molar-refractivity contribution in [2.75, 3.05) is 0 Å². The fraction of sp³-hybridized carbons (Fsp3) is 0.200. The molecule has 0 fully saturated rings. The van der Waals surface area contributed by atoms with Crippen LogP contribution >= 0.6 is 0 Å². The van der Waals surface area contributed by atoms with Crippen LogP contribution in [0.4, 0.5) is 5.82 Å². The Morgan fingerprint density at radius 2 is 2.62 bits per heavy atom. The largest absolute Gasteiger partial charge is 0.363 e. The van der Waals surface area contributed by atoms with Crippen LogP contribution in [0.1, 0.15) is 5.82 Å². The van der Waals surface area contributed by atoms with Crippen LogP contribution in [-0.4, -0.2) is 9.97 Å². The Morgan fingerprint density at radius 1 is 1.88 bits per heavy atom. The summed E-state index contributed by atoms with van der Waals surface area (Å²) < 4.78 is 0. The molecule has 0 aliphatic rings. The van der Waals surface area contributed by atoms with Crippen LogP contribution in [0.25, 0.3) is 4.85 Å². The van der Waals surface area contributed by atoms with Gasteiger partial charge in [0.05, 0.1) is 6.20 Å². The number of imidazole rings is 1. The van der Waals surface area contributed by atoms with Gasteiger partial charge in [-0.3, -0.25) is 4.98 Å². The van der Waals surface area contributed by atoms with Crippen molar-refractivity contribution < 1.29 is 0 Å². The van der Waals surface area contributed by atoms with Gasteiger partial charge in [-0.1, -0.05) is 6.57 Å². The highest BCUT2D eigenvalue weighted by atomic mass is 15.0. The van der Waals surface area contributed by atoms with E-state index in [-0.39, 0.29) is 0 Å². The Bertz CT molecular complexity index is 218. The molecule has 1 N–H and O–H groups in total. The minimum Gasteiger partial charge on any atom is -0.363 e. The van der Waals surface area contributed by atoms with Crippen LogP contribution in [0.2, 0.25) is 0 Å². The molecule has 1 heterocycles. The summed E-state index contributed by atoms with van der Waals surface area (Å²) in [5.41, 5.74) is 0. The normalized spacial score (nSPS) is 8.50. The summed E-state index contributed by atoms with van der Waals surface area (Å²) in [4.78, 5) is 9.70. The molecule has 40 valence electrons. The number of nitrogens with one attached hydrogen (secondary N) is 1. The fourth-order valence-corrected chi connectivity index (χ4v) is 0.465. The van der Waals surface area contributed by atoms with Crippen molar-refractivity contribution in [3.63, 3.8) is 0 Å². The van der Waals surface area contributed by atoms with Crippen molar-refractivity contribution in [3.05, 3.63) is 23.4 Å². The van der Waals surface area contributed by atoms with Gasteiger partial charge >= 0.3 is 0 Å². The Labute approximate surface area is 47.2 Å². The number of aromatic nitrogens is 2. The number of H-pyrrole nitrogens is 1. The van der Waals surface area contributed by atoms with E-state index in [0.717, 1.165) is 5.82 Å². The lowest BCUT2D eigenvalue weighted by atomic mass is 10.7. The Kier molecular flexibility index (Phi) is 1.01. The number of hydrogen-bond acceptors (Lipinski definition) is 1. The summed E-state index contributed by atoms with van der Waals surface area (Å²) in [5, 5.41) is 0. The minimum atomic E-state index is 0.502. The molecule has 0 bridgehead atoms. The molecule has 0 aliphatic heterocycles. The molecule has 3 heteroatoms. The third-order valence-electron chi connectivity index (χ3n) is 0.810. The summed E-state index contributed by atoms with van der Waals surface area (Å²) in [6.45, 7) is 8.32. The smallest absolute Gasteiger partial charge is 0.247 e. The summed E-state index contributed by atoms with van der Waals surface area (Å²) in [6, 6.07) is 0. The van der Waals surface area contributed by atoms with E-state index in [1.54, 1.807) is 0 Å². The lowest BCUT2D eigenvalue weighted by molar-refractivity contribution is 1.15. The first-order valence-electron chi connectivity index (χ1n) is 2.22. The number of nitrogens with zero attached hydrogens (tertiary/aromatic N) is 2. The lowest BCUT2D eigenvalue weighted by Gasteiger charge is -1.72. The van der Waals surface area contributed by atoms with Gasteiger partial charge in [-0.05, 0) is 0 Å². The van der Waals surface area contributed by atoms with E-state index < -0.39 is 0 Å². The Morgan fingerprint density at radius 3 is 2.88 bits per heavy atom. The minimum absolute atomic E-state index is 0.502. The molecule has 0 amide bonds. The van der Waals surface area contributed by atoms with Crippen LogP contribution in [-0.2, 0) is 0 Å². The molecule has 0 radical (unpaired) electrons. The van der Waals surface area contributed by atoms with Crippen molar-refractivity contribution in [2.24, 2.45) is 0 Å². The molecule has 3 nitrogen and oxygen atoms in total. The molecule has 0 saturated heterocycles. The highest BCUT2D eigenvalue weighted by molar-refractivity contribution is 5.32. The lowest BCUT2D eigenvalue weighted by Crippen LogP contribution is -1.67. The topological polar surface area (TPSA) is 33.0 Å². The summed E-state index contributed by atoms with van der Waals surface area (Å²) >= 11 is 0. The van der Waals surface area contributed by atoms with Crippen LogP contribution in [0, 0.1) is 13.5 Å². The standard InChI is InChI=1S/C5H5N3/c1-4-7-3-5(6-2)8-4/h3H,1H3,(H,7,8). The maximum Gasteiger partial charge on any atom is 0.247 e. The Balaban J connectivity index is 3.05. The van der Waals surface area contributed by atoms with E-state index in [1.165, 1.54) is 6.20 Å². The molecule has 1 rings (SSSR count). The van der Waals surface area contributed by atoms with E-state index >= 15 is 0 Å². The van der Waals surface area contributed by atoms with Gasteiger partial charge in [0.25, 0.3) is 0 Å². The molecule has 0 aromatic carbocycles. The molecule has 0 aliphatic carbocycles. The van der Waals surface area contributed by atoms with Gasteiger partial charge in [-0.15, -0.1) is 0 Å². The number of hydrogen-bond donors (Lipinski definition) is 1. The van der Waals surface area contributed by atoms with E-state index in [0.29, 0.717) is 5.82 Å². The van der Waals surface area contributed by atoms with Gasteiger partial charge in [0.1, 0.15) is 0 Å².